The molecule has 3 amide bonds. The third-order valence-corrected chi connectivity index (χ3v) is 18.3. The first kappa shape index (κ1) is 43.7. The number of hydrogen-bond acceptors (Lipinski definition) is 14. The molecule has 0 saturated carbocycles. The van der Waals surface area contributed by atoms with Crippen molar-refractivity contribution in [2.75, 3.05) is 25.1 Å². The minimum atomic E-state index is -2.24. The number of nitrogens with zero attached hydrogens (tertiary/aromatic N) is 3. The first-order chi connectivity index (χ1) is 26.9. The van der Waals surface area contributed by atoms with E-state index in [0.717, 1.165) is 11.3 Å². The van der Waals surface area contributed by atoms with Gasteiger partial charge in [-0.15, -0.1) is 23.1 Å². The topological polar surface area (TPSA) is 184 Å². The van der Waals surface area contributed by atoms with Gasteiger partial charge in [-0.3, -0.25) is 29.5 Å². The Morgan fingerprint density at radius 2 is 1.74 bits per heavy atom. The van der Waals surface area contributed by atoms with Gasteiger partial charge in [0.25, 0.3) is 5.69 Å². The van der Waals surface area contributed by atoms with E-state index >= 15 is 0 Å². The van der Waals surface area contributed by atoms with Crippen LogP contribution in [0.3, 0.4) is 0 Å². The molecule has 3 aliphatic heterocycles. The van der Waals surface area contributed by atoms with Crippen molar-refractivity contribution in [3.8, 4) is 0 Å². The number of nitro benzene ring substituents is 1. The van der Waals surface area contributed by atoms with Crippen LogP contribution in [0.2, 0.25) is 18.1 Å². The molecule has 2 fully saturated rings. The number of ether oxygens (including phenoxy) is 3. The Bertz CT molecular complexity index is 1960. The van der Waals surface area contributed by atoms with Crippen LogP contribution in [0, 0.1) is 16.0 Å². The van der Waals surface area contributed by atoms with Gasteiger partial charge in [0.15, 0.2) is 14.0 Å². The molecule has 1 aromatic heterocycles. The van der Waals surface area contributed by atoms with E-state index in [2.05, 4.69) is 52.3 Å². The zero-order valence-corrected chi connectivity index (χ0v) is 36.0. The summed E-state index contributed by atoms with van der Waals surface area (Å²) in [6, 6.07) is 5.98. The van der Waals surface area contributed by atoms with E-state index in [1.165, 1.54) is 75.8 Å². The predicted octanol–water partition coefficient (Wildman–Crippen LogP) is 7.29. The summed E-state index contributed by atoms with van der Waals surface area (Å²) in [5, 5.41) is 14.5. The lowest BCUT2D eigenvalue weighted by molar-refractivity contribution is -0.384. The van der Waals surface area contributed by atoms with Crippen LogP contribution in [0.1, 0.15) is 49.4 Å². The van der Waals surface area contributed by atoms with Gasteiger partial charge in [-0.2, -0.15) is 0 Å². The summed E-state index contributed by atoms with van der Waals surface area (Å²) >= 11 is 3.71. The van der Waals surface area contributed by atoms with Gasteiger partial charge in [0.1, 0.15) is 36.1 Å². The molecule has 1 aromatic carbocycles. The van der Waals surface area contributed by atoms with Gasteiger partial charge in [0.2, 0.25) is 11.8 Å². The number of nitrogens with one attached hydrogen (secondary N) is 1. The number of β-lactam (4-membered cyclic amide) rings is 1. The SMILES string of the molecule is C=CCOC(=O)C1=C(S[C@H]2C[C@@H](C(=O)Nc3csc(C(=O)OCC=C)c3)N(C(=O)OCc3ccc([N+](=O)[O-])cc3)C2)S[C@@H]2[C@@H](C(C)O[Si](C)(C)C(C)(C)C)C(=O)N12. The molecular formula is C38H46N4O11S3Si. The molecule has 2 aromatic rings. The largest absolute Gasteiger partial charge is 0.457 e. The maximum absolute atomic E-state index is 13.9. The molecule has 3 aliphatic rings. The molecule has 5 atom stereocenters. The van der Waals surface area contributed by atoms with E-state index in [-0.39, 0.29) is 60.0 Å². The molecular weight excluding hydrogens is 813 g/mol. The van der Waals surface area contributed by atoms with Crippen molar-refractivity contribution in [2.45, 2.75) is 81.6 Å². The van der Waals surface area contributed by atoms with E-state index in [1.54, 1.807) is 5.38 Å². The molecule has 5 rings (SSSR count). The second kappa shape index (κ2) is 18.0. The number of carbonyl (C=O) groups excluding carboxylic acids is 5. The first-order valence-corrected chi connectivity index (χ1v) is 23.6. The number of amides is 3. The third kappa shape index (κ3) is 9.82. The van der Waals surface area contributed by atoms with Gasteiger partial charge in [-0.1, -0.05) is 57.8 Å². The lowest BCUT2D eigenvalue weighted by Gasteiger charge is -2.48. The molecule has 2 saturated heterocycles. The van der Waals surface area contributed by atoms with E-state index in [0.29, 0.717) is 15.5 Å². The van der Waals surface area contributed by atoms with Crippen LogP contribution in [0.5, 0.6) is 0 Å². The van der Waals surface area contributed by atoms with E-state index < -0.39 is 65.9 Å². The van der Waals surface area contributed by atoms with Gasteiger partial charge in [0.05, 0.1) is 26.9 Å². The van der Waals surface area contributed by atoms with Crippen molar-refractivity contribution in [3.05, 3.63) is 91.5 Å². The number of hydrogen-bond donors (Lipinski definition) is 1. The molecule has 4 heterocycles. The van der Waals surface area contributed by atoms with Crippen LogP contribution in [0.15, 0.2) is 71.0 Å². The summed E-state index contributed by atoms with van der Waals surface area (Å²) in [5.41, 5.74) is 0.816. The second-order valence-electron chi connectivity index (χ2n) is 15.0. The van der Waals surface area contributed by atoms with E-state index in [9.17, 15) is 34.1 Å². The Morgan fingerprint density at radius 1 is 1.09 bits per heavy atom. The van der Waals surface area contributed by atoms with E-state index in [4.69, 9.17) is 18.6 Å². The second-order valence-corrected chi connectivity index (χ2v) is 23.4. The molecule has 1 N–H and O–H groups in total. The summed E-state index contributed by atoms with van der Waals surface area (Å²) in [4.78, 5) is 80.7. The number of likely N-dealkylation sites (tertiary alicyclic amines) is 1. The number of benzene rings is 1. The Morgan fingerprint density at radius 3 is 2.35 bits per heavy atom. The molecule has 306 valence electrons. The summed E-state index contributed by atoms with van der Waals surface area (Å²) in [5.74, 6) is -2.57. The average molecular weight is 859 g/mol. The Labute approximate surface area is 344 Å². The number of rotatable bonds is 16. The van der Waals surface area contributed by atoms with Crippen LogP contribution in [-0.4, -0.2) is 95.4 Å². The molecule has 0 aliphatic carbocycles. The lowest BCUT2D eigenvalue weighted by atomic mass is 9.92. The maximum Gasteiger partial charge on any atom is 0.410 e. The minimum Gasteiger partial charge on any atom is -0.457 e. The highest BCUT2D eigenvalue weighted by Gasteiger charge is 2.60. The van der Waals surface area contributed by atoms with Gasteiger partial charge < -0.3 is 24.0 Å². The Balaban J connectivity index is 1.37. The highest BCUT2D eigenvalue weighted by atomic mass is 32.2. The molecule has 0 spiro atoms. The molecule has 0 bridgehead atoms. The Hall–Kier alpha value is -4.43. The summed E-state index contributed by atoms with van der Waals surface area (Å²) in [7, 11) is -2.24. The maximum atomic E-state index is 13.9. The van der Waals surface area contributed by atoms with Crippen LogP contribution in [-0.2, 0) is 39.6 Å². The quantitative estimate of drug-likeness (QED) is 0.0338. The summed E-state index contributed by atoms with van der Waals surface area (Å²) < 4.78 is 23.2. The third-order valence-electron chi connectivity index (χ3n) is 10.0. The highest BCUT2D eigenvalue weighted by molar-refractivity contribution is 8.23. The molecule has 57 heavy (non-hydrogen) atoms. The number of carbonyl (C=O) groups is 5. The zero-order valence-electron chi connectivity index (χ0n) is 32.5. The Kier molecular flexibility index (Phi) is 13.8. The summed E-state index contributed by atoms with van der Waals surface area (Å²) in [6.07, 6.45) is 1.80. The van der Waals surface area contributed by atoms with Gasteiger partial charge in [-0.25, -0.2) is 14.4 Å². The summed E-state index contributed by atoms with van der Waals surface area (Å²) in [6.45, 7) is 19.4. The van der Waals surface area contributed by atoms with Crippen molar-refractivity contribution >= 4 is 84.4 Å². The van der Waals surface area contributed by atoms with Crippen molar-refractivity contribution in [1.29, 1.82) is 0 Å². The number of thiophene rings is 1. The first-order valence-electron chi connectivity index (χ1n) is 18.1. The number of non-ortho nitro benzene ring substituents is 1. The average Bonchev–Trinajstić information content (AvgIpc) is 3.88. The number of nitro groups is 1. The normalized spacial score (nSPS) is 21.0. The number of thioether (sulfide) groups is 2. The van der Waals surface area contributed by atoms with Crippen molar-refractivity contribution in [3.63, 3.8) is 0 Å². The van der Waals surface area contributed by atoms with Crippen LogP contribution in [0.4, 0.5) is 16.2 Å². The molecule has 15 nitrogen and oxygen atoms in total. The fraction of sp³-hybridized carbons (Fsp3) is 0.447. The van der Waals surface area contributed by atoms with Crippen LogP contribution in [0.25, 0.3) is 0 Å². The standard InChI is InChI=1S/C38H46N4O11S3Si/c1-9-15-50-34(45)28-17-24(21-54-28)39-31(43)27-18-26(19-40(27)37(47)52-20-23-11-13-25(14-12-23)42(48)49)55-36-30(35(46)51-16-10-2)41-32(44)29(33(41)56-36)22(3)53-57(7,8)38(4,5)6/h9-14,17,21-22,26-27,29,33H,1-2,15-16,18-20H2,3-8H3,(H,39,43)/t22?,26-,27-,29-,33+/m0/s1. The number of esters is 2. The van der Waals surface area contributed by atoms with Crippen molar-refractivity contribution in [1.82, 2.24) is 9.80 Å². The van der Waals surface area contributed by atoms with Crippen molar-refractivity contribution in [2.24, 2.45) is 5.92 Å². The highest BCUT2D eigenvalue weighted by Crippen LogP contribution is 2.56. The van der Waals surface area contributed by atoms with Gasteiger partial charge in [0, 0.05) is 29.3 Å². The zero-order chi connectivity index (χ0) is 41.8. The molecule has 19 heteroatoms. The fourth-order valence-corrected chi connectivity index (χ4v) is 11.6. The van der Waals surface area contributed by atoms with Gasteiger partial charge >= 0.3 is 18.0 Å². The smallest absolute Gasteiger partial charge is 0.410 e. The van der Waals surface area contributed by atoms with Crippen molar-refractivity contribution < 1.29 is 47.5 Å². The van der Waals surface area contributed by atoms with E-state index in [1.807, 2.05) is 6.92 Å². The fourth-order valence-electron chi connectivity index (χ4n) is 6.10. The molecule has 1 unspecified atom stereocenters. The molecule has 0 radical (unpaired) electrons. The lowest BCUT2D eigenvalue weighted by Crippen LogP contribution is -2.62. The minimum absolute atomic E-state index is 0.0238. The van der Waals surface area contributed by atoms with Crippen LogP contribution >= 0.6 is 34.9 Å². The number of fused-ring (bicyclic) bond motifs is 1. The van der Waals surface area contributed by atoms with Crippen LogP contribution < -0.4 is 5.32 Å². The predicted molar refractivity (Wildman–Crippen MR) is 221 cm³/mol. The number of anilines is 1. The monoisotopic (exact) mass is 858 g/mol. The van der Waals surface area contributed by atoms with Gasteiger partial charge in [-0.05, 0) is 55.2 Å².